The molecule has 1 aromatic carbocycles. The minimum atomic E-state index is -0.501. The van der Waals surface area contributed by atoms with E-state index in [1.807, 2.05) is 0 Å². The Hall–Kier alpha value is -1.26. The van der Waals surface area contributed by atoms with E-state index in [0.717, 1.165) is 32.0 Å². The van der Waals surface area contributed by atoms with Gasteiger partial charge in [-0.15, -0.1) is 0 Å². The van der Waals surface area contributed by atoms with E-state index >= 15 is 0 Å². The molecule has 1 unspecified atom stereocenters. The highest BCUT2D eigenvalue weighted by Gasteiger charge is 2.18. The number of rotatable bonds is 6. The maximum atomic E-state index is 12.0. The number of nitrogens with zero attached hydrogens (tertiary/aromatic N) is 1. The quantitative estimate of drug-likeness (QED) is 0.874. The third-order valence-electron chi connectivity index (χ3n) is 4.19. The highest BCUT2D eigenvalue weighted by molar-refractivity contribution is 6.30. The Morgan fingerprint density at radius 2 is 2.00 bits per heavy atom. The Bertz CT molecular complexity index is 470. The molecule has 2 rings (SSSR count). The van der Waals surface area contributed by atoms with E-state index in [1.54, 1.807) is 31.2 Å². The van der Waals surface area contributed by atoms with Crippen LogP contribution in [-0.2, 0) is 4.79 Å². The lowest BCUT2D eigenvalue weighted by Crippen LogP contribution is -2.38. The summed E-state index contributed by atoms with van der Waals surface area (Å²) < 4.78 is 5.61. The predicted molar refractivity (Wildman–Crippen MR) is 89.4 cm³/mol. The number of hydrogen-bond donors (Lipinski definition) is 1. The smallest absolute Gasteiger partial charge is 0.260 e. The molecule has 1 N–H and O–H groups in total. The molecule has 122 valence electrons. The van der Waals surface area contributed by atoms with Gasteiger partial charge in [0.05, 0.1) is 0 Å². The number of halogens is 1. The van der Waals surface area contributed by atoms with Gasteiger partial charge in [-0.1, -0.05) is 11.6 Å². The second kappa shape index (κ2) is 8.39. The van der Waals surface area contributed by atoms with Crippen LogP contribution in [0.25, 0.3) is 0 Å². The van der Waals surface area contributed by atoms with Crippen molar-refractivity contribution in [3.8, 4) is 5.75 Å². The van der Waals surface area contributed by atoms with Gasteiger partial charge in [0.15, 0.2) is 6.10 Å². The third-order valence-corrected chi connectivity index (χ3v) is 4.44. The lowest BCUT2D eigenvalue weighted by atomic mass is 9.94. The monoisotopic (exact) mass is 324 g/mol. The van der Waals surface area contributed by atoms with Crippen LogP contribution < -0.4 is 10.1 Å². The fraction of sp³-hybridized carbons (Fsp3) is 0.588. The number of nitrogens with one attached hydrogen (secondary N) is 1. The summed E-state index contributed by atoms with van der Waals surface area (Å²) in [6.07, 6.45) is 3.00. The molecular formula is C17H25ClN2O2. The summed E-state index contributed by atoms with van der Waals surface area (Å²) in [5.41, 5.74) is 0. The second-order valence-electron chi connectivity index (χ2n) is 6.04. The number of carbonyl (C=O) groups is 1. The molecule has 1 aliphatic rings. The number of hydrogen-bond acceptors (Lipinski definition) is 3. The summed E-state index contributed by atoms with van der Waals surface area (Å²) in [5, 5.41) is 3.62. The van der Waals surface area contributed by atoms with E-state index < -0.39 is 6.10 Å². The third kappa shape index (κ3) is 5.50. The normalized spacial score (nSPS) is 18.0. The molecule has 1 amide bonds. The van der Waals surface area contributed by atoms with E-state index in [9.17, 15) is 4.79 Å². The molecule has 0 aromatic heterocycles. The molecule has 0 bridgehead atoms. The van der Waals surface area contributed by atoms with Crippen molar-refractivity contribution in [1.29, 1.82) is 0 Å². The van der Waals surface area contributed by atoms with Crippen molar-refractivity contribution in [2.75, 3.05) is 26.7 Å². The van der Waals surface area contributed by atoms with Gasteiger partial charge >= 0.3 is 0 Å². The topological polar surface area (TPSA) is 41.6 Å². The zero-order chi connectivity index (χ0) is 15.9. The van der Waals surface area contributed by atoms with Crippen molar-refractivity contribution in [2.45, 2.75) is 32.3 Å². The average molecular weight is 325 g/mol. The Balaban J connectivity index is 1.67. The number of piperidine rings is 1. The van der Waals surface area contributed by atoms with Crippen LogP contribution in [0.1, 0.15) is 26.2 Å². The summed E-state index contributed by atoms with van der Waals surface area (Å²) in [7, 11) is 2.16. The molecule has 0 radical (unpaired) electrons. The lowest BCUT2D eigenvalue weighted by Gasteiger charge is -2.29. The number of benzene rings is 1. The first-order valence-electron chi connectivity index (χ1n) is 7.93. The maximum Gasteiger partial charge on any atom is 0.260 e. The maximum absolute atomic E-state index is 12.0. The van der Waals surface area contributed by atoms with Gasteiger partial charge in [-0.25, -0.2) is 0 Å². The molecule has 5 heteroatoms. The van der Waals surface area contributed by atoms with Gasteiger partial charge in [0.1, 0.15) is 5.75 Å². The molecule has 1 saturated heterocycles. The van der Waals surface area contributed by atoms with Gasteiger partial charge in [-0.2, -0.15) is 0 Å². The molecule has 0 spiro atoms. The van der Waals surface area contributed by atoms with Crippen LogP contribution in [-0.4, -0.2) is 43.6 Å². The molecule has 1 fully saturated rings. The number of ether oxygens (including phenoxy) is 1. The second-order valence-corrected chi connectivity index (χ2v) is 6.48. The number of amides is 1. The highest BCUT2D eigenvalue weighted by atomic mass is 35.5. The van der Waals surface area contributed by atoms with Crippen molar-refractivity contribution >= 4 is 17.5 Å². The predicted octanol–water partition coefficient (Wildman–Crippen LogP) is 2.96. The zero-order valence-electron chi connectivity index (χ0n) is 13.3. The molecule has 1 heterocycles. The van der Waals surface area contributed by atoms with Crippen molar-refractivity contribution in [3.63, 3.8) is 0 Å². The van der Waals surface area contributed by atoms with Gasteiger partial charge in [0, 0.05) is 11.6 Å². The Morgan fingerprint density at radius 3 is 2.64 bits per heavy atom. The lowest BCUT2D eigenvalue weighted by molar-refractivity contribution is -0.127. The first kappa shape index (κ1) is 17.1. The minimum absolute atomic E-state index is 0.0668. The summed E-state index contributed by atoms with van der Waals surface area (Å²) in [6, 6.07) is 7.04. The van der Waals surface area contributed by atoms with Crippen LogP contribution in [0.15, 0.2) is 24.3 Å². The molecule has 0 aliphatic carbocycles. The van der Waals surface area contributed by atoms with E-state index in [2.05, 4.69) is 17.3 Å². The zero-order valence-corrected chi connectivity index (χ0v) is 14.1. The van der Waals surface area contributed by atoms with Crippen molar-refractivity contribution in [2.24, 2.45) is 5.92 Å². The number of carbonyl (C=O) groups excluding carboxylic acids is 1. The van der Waals surface area contributed by atoms with E-state index in [1.165, 1.54) is 12.8 Å². The van der Waals surface area contributed by atoms with Gasteiger partial charge in [0.25, 0.3) is 5.91 Å². The van der Waals surface area contributed by atoms with Crippen LogP contribution in [0.4, 0.5) is 0 Å². The molecule has 0 saturated carbocycles. The average Bonchev–Trinajstić information content (AvgIpc) is 2.51. The van der Waals surface area contributed by atoms with Gasteiger partial charge in [0.2, 0.25) is 0 Å². The van der Waals surface area contributed by atoms with Crippen molar-refractivity contribution < 1.29 is 9.53 Å². The molecular weight excluding hydrogens is 300 g/mol. The first-order valence-corrected chi connectivity index (χ1v) is 8.31. The number of likely N-dealkylation sites (tertiary alicyclic amines) is 1. The largest absolute Gasteiger partial charge is 0.481 e. The van der Waals surface area contributed by atoms with Gasteiger partial charge in [-0.3, -0.25) is 4.79 Å². The van der Waals surface area contributed by atoms with Gasteiger partial charge < -0.3 is 15.0 Å². The van der Waals surface area contributed by atoms with E-state index in [0.29, 0.717) is 10.8 Å². The van der Waals surface area contributed by atoms with Crippen molar-refractivity contribution in [1.82, 2.24) is 10.2 Å². The van der Waals surface area contributed by atoms with Crippen LogP contribution in [0.2, 0.25) is 5.02 Å². The standard InChI is InChI=1S/C17H25ClN2O2/c1-13(22-16-5-3-15(18)4-6-16)17(21)19-10-7-14-8-11-20(2)12-9-14/h3-6,13-14H,7-12H2,1-2H3,(H,19,21). The van der Waals surface area contributed by atoms with Crippen LogP contribution in [0.3, 0.4) is 0 Å². The van der Waals surface area contributed by atoms with Crippen LogP contribution >= 0.6 is 11.6 Å². The summed E-state index contributed by atoms with van der Waals surface area (Å²) in [6.45, 7) is 4.81. The molecule has 1 aliphatic heterocycles. The summed E-state index contributed by atoms with van der Waals surface area (Å²) >= 11 is 5.82. The minimum Gasteiger partial charge on any atom is -0.481 e. The Kier molecular flexibility index (Phi) is 6.52. The Morgan fingerprint density at radius 1 is 1.36 bits per heavy atom. The SMILES string of the molecule is CC(Oc1ccc(Cl)cc1)C(=O)NCCC1CCN(C)CC1. The van der Waals surface area contributed by atoms with E-state index in [-0.39, 0.29) is 5.91 Å². The first-order chi connectivity index (χ1) is 10.5. The van der Waals surface area contributed by atoms with E-state index in [4.69, 9.17) is 16.3 Å². The van der Waals surface area contributed by atoms with Crippen molar-refractivity contribution in [3.05, 3.63) is 29.3 Å². The highest BCUT2D eigenvalue weighted by Crippen LogP contribution is 2.19. The Labute approximate surface area is 137 Å². The van der Waals surface area contributed by atoms with Crippen LogP contribution in [0, 0.1) is 5.92 Å². The summed E-state index contributed by atoms with van der Waals surface area (Å²) in [4.78, 5) is 14.4. The molecule has 4 nitrogen and oxygen atoms in total. The van der Waals surface area contributed by atoms with Gasteiger partial charge in [-0.05, 0) is 76.5 Å². The molecule has 1 atom stereocenters. The summed E-state index contributed by atoms with van der Waals surface area (Å²) in [5.74, 6) is 1.31. The van der Waals surface area contributed by atoms with Crippen LogP contribution in [0.5, 0.6) is 5.75 Å². The fourth-order valence-electron chi connectivity index (χ4n) is 2.66. The molecule has 1 aromatic rings. The fourth-order valence-corrected chi connectivity index (χ4v) is 2.79. The molecule has 22 heavy (non-hydrogen) atoms.